The monoisotopic (exact) mass is 698 g/mol. The molecule has 14 heteroatoms. The number of carboxylic acids is 2. The molecule has 0 bridgehead atoms. The van der Waals surface area contributed by atoms with Crippen LogP contribution >= 0.6 is 0 Å². The minimum Gasteiger partial charge on any atom is -0.493 e. The van der Waals surface area contributed by atoms with Gasteiger partial charge < -0.3 is 48.1 Å². The van der Waals surface area contributed by atoms with E-state index < -0.39 is 47.9 Å². The third kappa shape index (κ3) is 8.74. The molecule has 4 rings (SSSR count). The molecule has 0 spiro atoms. The fourth-order valence-electron chi connectivity index (χ4n) is 6.15. The van der Waals surface area contributed by atoms with E-state index in [0.717, 1.165) is 12.2 Å². The Balaban J connectivity index is 1.55. The van der Waals surface area contributed by atoms with Crippen molar-refractivity contribution in [3.8, 4) is 23.0 Å². The molecule has 0 amide bonds. The van der Waals surface area contributed by atoms with Gasteiger partial charge in [0, 0.05) is 35.1 Å². The van der Waals surface area contributed by atoms with E-state index in [-0.39, 0.29) is 62.3 Å². The van der Waals surface area contributed by atoms with Crippen molar-refractivity contribution < 1.29 is 67.3 Å². The number of benzene rings is 2. The number of ether oxygens (including phenoxy) is 8. The Morgan fingerprint density at radius 1 is 0.680 bits per heavy atom. The van der Waals surface area contributed by atoms with Gasteiger partial charge in [-0.05, 0) is 49.9 Å². The fourth-order valence-corrected chi connectivity index (χ4v) is 6.15. The fraction of sp³-hybridized carbons (Fsp3) is 0.444. The van der Waals surface area contributed by atoms with Crippen molar-refractivity contribution in [3.05, 3.63) is 71.8 Å². The molecule has 0 unspecified atom stereocenters. The largest absolute Gasteiger partial charge is 0.493 e. The van der Waals surface area contributed by atoms with Crippen molar-refractivity contribution in [1.82, 2.24) is 0 Å². The van der Waals surface area contributed by atoms with Crippen molar-refractivity contribution in [1.29, 1.82) is 0 Å². The summed E-state index contributed by atoms with van der Waals surface area (Å²) in [6.07, 6.45) is 3.04. The van der Waals surface area contributed by atoms with Crippen LogP contribution in [0.1, 0.15) is 69.4 Å². The average Bonchev–Trinajstić information content (AvgIpc) is 3.72. The maximum Gasteiger partial charge on any atom is 0.336 e. The topological polar surface area (TPSA) is 183 Å². The number of carbonyl (C=O) groups excluding carboxylic acids is 2. The summed E-state index contributed by atoms with van der Waals surface area (Å²) in [5.74, 6) is -3.46. The normalized spacial score (nSPS) is 19.2. The van der Waals surface area contributed by atoms with Crippen LogP contribution in [0.3, 0.4) is 0 Å². The molecule has 0 aliphatic carbocycles. The van der Waals surface area contributed by atoms with Crippen LogP contribution in [0.5, 0.6) is 23.0 Å². The summed E-state index contributed by atoms with van der Waals surface area (Å²) in [6, 6.07) is 5.94. The van der Waals surface area contributed by atoms with Crippen LogP contribution in [0.25, 0.3) is 0 Å². The van der Waals surface area contributed by atoms with Crippen molar-refractivity contribution >= 4 is 23.9 Å². The van der Waals surface area contributed by atoms with E-state index in [9.17, 15) is 29.4 Å². The third-order valence-electron chi connectivity index (χ3n) is 8.40. The van der Waals surface area contributed by atoms with E-state index in [1.54, 1.807) is 0 Å². The summed E-state index contributed by atoms with van der Waals surface area (Å²) >= 11 is 0. The summed E-state index contributed by atoms with van der Waals surface area (Å²) in [4.78, 5) is 47.4. The Bertz CT molecular complexity index is 1450. The first kappa shape index (κ1) is 37.7. The number of hydrogen-bond donors (Lipinski definition) is 2. The van der Waals surface area contributed by atoms with E-state index in [1.165, 1.54) is 38.5 Å². The molecular formula is C36H42O14. The molecule has 14 nitrogen and oxygen atoms in total. The molecule has 2 N–H and O–H groups in total. The lowest BCUT2D eigenvalue weighted by molar-refractivity contribution is -0.138. The molecule has 2 heterocycles. The number of hydrogen-bond acceptors (Lipinski definition) is 12. The van der Waals surface area contributed by atoms with Gasteiger partial charge in [-0.3, -0.25) is 0 Å². The number of carboxylic acid groups (broad SMARTS) is 2. The van der Waals surface area contributed by atoms with Crippen LogP contribution in [0, 0.1) is 0 Å². The molecule has 50 heavy (non-hydrogen) atoms. The Hall–Kier alpha value is -5.08. The highest BCUT2D eigenvalue weighted by molar-refractivity contribution is 5.92. The summed E-state index contributed by atoms with van der Waals surface area (Å²) < 4.78 is 45.9. The van der Waals surface area contributed by atoms with Crippen LogP contribution in [-0.2, 0) is 28.5 Å². The number of methoxy groups -OCH3 is 2. The second-order valence-electron chi connectivity index (χ2n) is 11.4. The van der Waals surface area contributed by atoms with Gasteiger partial charge in [0.25, 0.3) is 0 Å². The maximum atomic E-state index is 12.4. The lowest BCUT2D eigenvalue weighted by Crippen LogP contribution is -2.26. The van der Waals surface area contributed by atoms with Gasteiger partial charge >= 0.3 is 23.9 Å². The van der Waals surface area contributed by atoms with Gasteiger partial charge in [0.1, 0.15) is 0 Å². The number of rotatable bonds is 20. The summed E-state index contributed by atoms with van der Waals surface area (Å²) in [5.41, 5.74) is 0.661. The van der Waals surface area contributed by atoms with E-state index in [1.807, 2.05) is 0 Å². The minimum absolute atomic E-state index is 0.00898. The number of carbonyl (C=O) groups is 4. The van der Waals surface area contributed by atoms with E-state index in [4.69, 9.17) is 37.9 Å². The number of aromatic carboxylic acids is 2. The van der Waals surface area contributed by atoms with E-state index in [0.29, 0.717) is 48.3 Å². The maximum absolute atomic E-state index is 12.4. The van der Waals surface area contributed by atoms with Gasteiger partial charge in [-0.25, -0.2) is 19.2 Å². The molecular weight excluding hydrogens is 656 g/mol. The third-order valence-corrected chi connectivity index (χ3v) is 8.40. The molecule has 4 atom stereocenters. The Morgan fingerprint density at radius 2 is 1.06 bits per heavy atom. The van der Waals surface area contributed by atoms with Gasteiger partial charge in [-0.1, -0.05) is 13.2 Å². The molecule has 0 saturated carbocycles. The zero-order chi connectivity index (χ0) is 36.2. The van der Waals surface area contributed by atoms with Crippen LogP contribution < -0.4 is 18.9 Å². The smallest absolute Gasteiger partial charge is 0.336 e. The molecule has 2 aromatic carbocycles. The predicted molar refractivity (Wildman–Crippen MR) is 177 cm³/mol. The number of unbranched alkanes of at least 4 members (excludes halogenated alkanes) is 2. The van der Waals surface area contributed by atoms with Crippen LogP contribution in [0.4, 0.5) is 0 Å². The zero-order valence-electron chi connectivity index (χ0n) is 28.1. The average molecular weight is 699 g/mol. The minimum atomic E-state index is -1.18. The molecule has 0 aromatic heterocycles. The summed E-state index contributed by atoms with van der Waals surface area (Å²) in [7, 11) is 2.84. The van der Waals surface area contributed by atoms with Crippen LogP contribution in [-0.4, -0.2) is 100 Å². The van der Waals surface area contributed by atoms with Gasteiger partial charge in [-0.2, -0.15) is 0 Å². The standard InChI is InChI=1S/C36H42O14/c1-5-27(37)47-17-9-7-15-45-25-13-11-21(35(39)40)29(33(25)43-3)23-19-49-32-24(20-50-31(23)32)30-22(36(41)42)12-14-26(34(30)44-4)46-16-8-10-18-48-28(38)6-2/h5-6,11-14,23-24,31-32H,1-2,7-10,15-20H2,3-4H3,(H,39,40)(H,41,42)/t23-,24+,31-,32-/m1/s1. The second-order valence-corrected chi connectivity index (χ2v) is 11.4. The van der Waals surface area contributed by atoms with Gasteiger partial charge in [0.05, 0.1) is 77.2 Å². The van der Waals surface area contributed by atoms with E-state index in [2.05, 4.69) is 13.2 Å². The molecule has 2 saturated heterocycles. The molecule has 2 aromatic rings. The molecule has 270 valence electrons. The van der Waals surface area contributed by atoms with Crippen LogP contribution in [0.2, 0.25) is 0 Å². The first-order valence-corrected chi connectivity index (χ1v) is 16.1. The van der Waals surface area contributed by atoms with Crippen molar-refractivity contribution in [3.63, 3.8) is 0 Å². The van der Waals surface area contributed by atoms with Gasteiger partial charge in [0.15, 0.2) is 23.0 Å². The predicted octanol–water partition coefficient (Wildman–Crippen LogP) is 4.54. The molecule has 2 aliphatic rings. The quantitative estimate of drug-likeness (QED) is 0.112. The highest BCUT2D eigenvalue weighted by atomic mass is 16.6. The summed E-state index contributed by atoms with van der Waals surface area (Å²) in [5, 5.41) is 20.3. The SMILES string of the molecule is C=CC(=O)OCCCCOc1ccc(C(=O)O)c([C@H]2CO[C@H]3[C@@H]2OC[C@H]3c2c(C(=O)O)ccc(OCCCCOC(=O)C=C)c2OC)c1OC. The van der Waals surface area contributed by atoms with Crippen molar-refractivity contribution in [2.75, 3.05) is 53.9 Å². The van der Waals surface area contributed by atoms with Crippen molar-refractivity contribution in [2.24, 2.45) is 0 Å². The van der Waals surface area contributed by atoms with E-state index >= 15 is 0 Å². The number of esters is 2. The molecule has 2 fully saturated rings. The van der Waals surface area contributed by atoms with Crippen LogP contribution in [0.15, 0.2) is 49.6 Å². The second kappa shape index (κ2) is 18.1. The number of fused-ring (bicyclic) bond motifs is 1. The molecule has 0 radical (unpaired) electrons. The first-order valence-electron chi connectivity index (χ1n) is 16.1. The van der Waals surface area contributed by atoms with Crippen molar-refractivity contribution in [2.45, 2.75) is 49.7 Å². The zero-order valence-corrected chi connectivity index (χ0v) is 28.1. The highest BCUT2D eigenvalue weighted by Gasteiger charge is 2.52. The summed E-state index contributed by atoms with van der Waals surface area (Å²) in [6.45, 7) is 7.76. The highest BCUT2D eigenvalue weighted by Crippen LogP contribution is 2.51. The van der Waals surface area contributed by atoms with Gasteiger partial charge in [0.2, 0.25) is 0 Å². The molecule has 2 aliphatic heterocycles. The van der Waals surface area contributed by atoms with Gasteiger partial charge in [-0.15, -0.1) is 0 Å². The lowest BCUT2D eigenvalue weighted by atomic mass is 9.84. The Labute approximate surface area is 289 Å². The lowest BCUT2D eigenvalue weighted by Gasteiger charge is -2.24. The first-order chi connectivity index (χ1) is 24.2. The Kier molecular flexibility index (Phi) is 13.6. The Morgan fingerprint density at radius 3 is 1.40 bits per heavy atom.